The van der Waals surface area contributed by atoms with Crippen molar-refractivity contribution in [1.82, 2.24) is 9.88 Å². The summed E-state index contributed by atoms with van der Waals surface area (Å²) < 4.78 is 0. The molecule has 2 heteroatoms. The number of hydrogen-bond donors (Lipinski definition) is 1. The Morgan fingerprint density at radius 1 is 1.06 bits per heavy atom. The molecule has 0 radical (unpaired) electrons. The van der Waals surface area contributed by atoms with Gasteiger partial charge in [0.25, 0.3) is 0 Å². The van der Waals surface area contributed by atoms with Crippen molar-refractivity contribution in [2.24, 2.45) is 0 Å². The summed E-state index contributed by atoms with van der Waals surface area (Å²) in [6.45, 7) is 2.27. The van der Waals surface area contributed by atoms with Gasteiger partial charge in [0.1, 0.15) is 0 Å². The molecule has 0 atom stereocenters. The monoisotopic (exact) mass is 236 g/mol. The van der Waals surface area contributed by atoms with Crippen molar-refractivity contribution in [3.8, 4) is 0 Å². The van der Waals surface area contributed by atoms with Crippen LogP contribution in [0, 0.1) is 0 Å². The highest BCUT2D eigenvalue weighted by Crippen LogP contribution is 2.28. The molecule has 0 unspecified atom stereocenters. The van der Waals surface area contributed by atoms with Gasteiger partial charge in [0.2, 0.25) is 0 Å². The Bertz CT molecular complexity index is 661. The number of fused-ring (bicyclic) bond motifs is 3. The second-order valence-corrected chi connectivity index (χ2v) is 5.13. The van der Waals surface area contributed by atoms with Crippen LogP contribution in [0.15, 0.2) is 42.1 Å². The largest absolute Gasteiger partial charge is 0.377 e. The SMILES string of the molecule is C1=CN2CCC1=Cc1[nH]c3ccccc3c1CC2. The molecule has 3 aliphatic rings. The van der Waals surface area contributed by atoms with Gasteiger partial charge in [-0.2, -0.15) is 0 Å². The minimum Gasteiger partial charge on any atom is -0.377 e. The standard InChI is InChI=1S/C16H16N2/c1-2-4-15-13(3-1)14-7-10-18-8-5-12(6-9-18)11-16(14)17-15/h1-5,8,11,17H,6-7,9-10H2. The van der Waals surface area contributed by atoms with Crippen molar-refractivity contribution < 1.29 is 0 Å². The number of hydrogen-bond acceptors (Lipinski definition) is 1. The van der Waals surface area contributed by atoms with Crippen LogP contribution in [0.1, 0.15) is 17.7 Å². The Kier molecular flexibility index (Phi) is 2.10. The Balaban J connectivity index is 1.96. The maximum Gasteiger partial charge on any atom is 0.0461 e. The summed E-state index contributed by atoms with van der Waals surface area (Å²) in [5.74, 6) is 0. The molecule has 0 spiro atoms. The first-order chi connectivity index (χ1) is 8.90. The predicted molar refractivity (Wildman–Crippen MR) is 75.3 cm³/mol. The number of nitrogens with zero attached hydrogens (tertiary/aromatic N) is 1. The molecule has 18 heavy (non-hydrogen) atoms. The van der Waals surface area contributed by atoms with E-state index < -0.39 is 0 Å². The van der Waals surface area contributed by atoms with E-state index in [1.54, 1.807) is 0 Å². The number of allylic oxidation sites excluding steroid dienone is 1. The molecule has 0 amide bonds. The van der Waals surface area contributed by atoms with E-state index in [0.717, 1.165) is 25.9 Å². The van der Waals surface area contributed by atoms with Gasteiger partial charge in [0, 0.05) is 29.7 Å². The Hall–Kier alpha value is -1.96. The van der Waals surface area contributed by atoms with E-state index in [-0.39, 0.29) is 0 Å². The van der Waals surface area contributed by atoms with E-state index in [9.17, 15) is 0 Å². The Morgan fingerprint density at radius 2 is 1.94 bits per heavy atom. The third-order valence-corrected chi connectivity index (χ3v) is 4.01. The molecule has 0 fully saturated rings. The van der Waals surface area contributed by atoms with Crippen LogP contribution in [0.3, 0.4) is 0 Å². The summed E-state index contributed by atoms with van der Waals surface area (Å²) in [6.07, 6.45) is 9.10. The number of rotatable bonds is 0. The van der Waals surface area contributed by atoms with E-state index in [0.29, 0.717) is 0 Å². The smallest absolute Gasteiger partial charge is 0.0461 e. The average Bonchev–Trinajstić information content (AvgIpc) is 2.79. The normalized spacial score (nSPS) is 18.2. The fraction of sp³-hybridized carbons (Fsp3) is 0.250. The summed E-state index contributed by atoms with van der Waals surface area (Å²) in [5, 5.41) is 1.38. The van der Waals surface area contributed by atoms with Gasteiger partial charge in [0.15, 0.2) is 0 Å². The van der Waals surface area contributed by atoms with Crippen molar-refractivity contribution in [2.75, 3.05) is 13.1 Å². The highest BCUT2D eigenvalue weighted by atomic mass is 15.1. The van der Waals surface area contributed by atoms with Crippen LogP contribution in [0.5, 0.6) is 0 Å². The van der Waals surface area contributed by atoms with Gasteiger partial charge in [-0.05, 0) is 48.4 Å². The molecule has 0 saturated heterocycles. The fourth-order valence-corrected chi connectivity index (χ4v) is 2.99. The molecule has 0 aliphatic carbocycles. The minimum absolute atomic E-state index is 1.12. The lowest BCUT2D eigenvalue weighted by molar-refractivity contribution is 0.377. The van der Waals surface area contributed by atoms with Crippen LogP contribution in [0.4, 0.5) is 0 Å². The van der Waals surface area contributed by atoms with Gasteiger partial charge in [-0.3, -0.25) is 0 Å². The lowest BCUT2D eigenvalue weighted by Gasteiger charge is -2.23. The topological polar surface area (TPSA) is 19.0 Å². The van der Waals surface area contributed by atoms with Crippen molar-refractivity contribution in [3.63, 3.8) is 0 Å². The van der Waals surface area contributed by atoms with Crippen LogP contribution < -0.4 is 0 Å². The zero-order valence-electron chi connectivity index (χ0n) is 10.3. The molecular weight excluding hydrogens is 220 g/mol. The van der Waals surface area contributed by atoms with E-state index in [1.165, 1.54) is 27.7 Å². The molecule has 4 heterocycles. The molecule has 0 saturated carbocycles. The first kappa shape index (κ1) is 10.0. The zero-order chi connectivity index (χ0) is 11.9. The van der Waals surface area contributed by atoms with E-state index >= 15 is 0 Å². The van der Waals surface area contributed by atoms with Crippen molar-refractivity contribution in [1.29, 1.82) is 0 Å². The van der Waals surface area contributed by atoms with Crippen LogP contribution >= 0.6 is 0 Å². The van der Waals surface area contributed by atoms with E-state index in [2.05, 4.69) is 52.5 Å². The van der Waals surface area contributed by atoms with Gasteiger partial charge in [0.05, 0.1) is 0 Å². The third kappa shape index (κ3) is 1.49. The third-order valence-electron chi connectivity index (χ3n) is 4.01. The summed E-state index contributed by atoms with van der Waals surface area (Å²) in [5.41, 5.74) is 5.47. The number of nitrogens with one attached hydrogen (secondary N) is 1. The summed E-state index contributed by atoms with van der Waals surface area (Å²) in [4.78, 5) is 5.99. The van der Waals surface area contributed by atoms with Crippen molar-refractivity contribution in [2.45, 2.75) is 12.8 Å². The highest BCUT2D eigenvalue weighted by Gasteiger charge is 2.15. The molecule has 2 bridgehead atoms. The number of benzene rings is 1. The summed E-state index contributed by atoms with van der Waals surface area (Å²) in [7, 11) is 0. The lowest BCUT2D eigenvalue weighted by Crippen LogP contribution is -2.23. The molecule has 2 nitrogen and oxygen atoms in total. The number of H-pyrrole nitrogens is 1. The van der Waals surface area contributed by atoms with Gasteiger partial charge >= 0.3 is 0 Å². The fourth-order valence-electron chi connectivity index (χ4n) is 2.99. The summed E-state index contributed by atoms with van der Waals surface area (Å²) >= 11 is 0. The highest BCUT2D eigenvalue weighted by molar-refractivity contribution is 5.87. The maximum atomic E-state index is 3.57. The van der Waals surface area contributed by atoms with Crippen molar-refractivity contribution >= 4 is 17.0 Å². The second-order valence-electron chi connectivity index (χ2n) is 5.13. The van der Waals surface area contributed by atoms with Crippen LogP contribution in [-0.2, 0) is 6.42 Å². The van der Waals surface area contributed by atoms with Gasteiger partial charge in [-0.1, -0.05) is 18.2 Å². The minimum atomic E-state index is 1.12. The molecule has 2 aromatic rings. The van der Waals surface area contributed by atoms with Crippen LogP contribution in [0.25, 0.3) is 17.0 Å². The Labute approximate surface area is 107 Å². The van der Waals surface area contributed by atoms with E-state index in [4.69, 9.17) is 0 Å². The molecule has 1 aromatic heterocycles. The number of aromatic amines is 1. The molecular formula is C16H16N2. The first-order valence-electron chi connectivity index (χ1n) is 6.62. The molecule has 5 rings (SSSR count). The van der Waals surface area contributed by atoms with Crippen molar-refractivity contribution in [3.05, 3.63) is 53.4 Å². The van der Waals surface area contributed by atoms with Crippen LogP contribution in [-0.4, -0.2) is 23.0 Å². The molecule has 1 aromatic carbocycles. The predicted octanol–water partition coefficient (Wildman–Crippen LogP) is 3.33. The van der Waals surface area contributed by atoms with Gasteiger partial charge in [-0.25, -0.2) is 0 Å². The van der Waals surface area contributed by atoms with Crippen LogP contribution in [0.2, 0.25) is 0 Å². The van der Waals surface area contributed by atoms with Gasteiger partial charge < -0.3 is 9.88 Å². The molecule has 3 aliphatic heterocycles. The molecule has 90 valence electrons. The second kappa shape index (κ2) is 3.77. The zero-order valence-corrected chi connectivity index (χ0v) is 10.3. The average molecular weight is 236 g/mol. The number of para-hydroxylation sites is 1. The maximum absolute atomic E-state index is 3.57. The quantitative estimate of drug-likeness (QED) is 0.743. The summed E-state index contributed by atoms with van der Waals surface area (Å²) in [6, 6.07) is 8.62. The number of aromatic nitrogens is 1. The molecule has 1 N–H and O–H groups in total. The lowest BCUT2D eigenvalue weighted by atomic mass is 10.1. The van der Waals surface area contributed by atoms with E-state index in [1.807, 2.05) is 0 Å². The van der Waals surface area contributed by atoms with Gasteiger partial charge in [-0.15, -0.1) is 0 Å². The Morgan fingerprint density at radius 3 is 2.83 bits per heavy atom. The first-order valence-corrected chi connectivity index (χ1v) is 6.62.